The zero-order valence-corrected chi connectivity index (χ0v) is 20.2. The van der Waals surface area contributed by atoms with Crippen molar-refractivity contribution in [1.82, 2.24) is 10.2 Å². The molecule has 0 bridgehead atoms. The Morgan fingerprint density at radius 3 is 2.16 bits per heavy atom. The van der Waals surface area contributed by atoms with Crippen molar-refractivity contribution in [3.05, 3.63) is 64.7 Å². The molecule has 31 heavy (non-hydrogen) atoms. The van der Waals surface area contributed by atoms with E-state index in [2.05, 4.69) is 37.4 Å². The molecule has 2 rings (SSSR count). The van der Waals surface area contributed by atoms with Gasteiger partial charge in [-0.1, -0.05) is 41.5 Å². The predicted molar refractivity (Wildman–Crippen MR) is 128 cm³/mol. The van der Waals surface area contributed by atoms with Gasteiger partial charge in [-0.25, -0.2) is 0 Å². The topological polar surface area (TPSA) is 58.6 Å². The van der Waals surface area contributed by atoms with Gasteiger partial charge in [-0.2, -0.15) is 0 Å². The van der Waals surface area contributed by atoms with Crippen LogP contribution in [0.25, 0.3) is 0 Å². The number of nitrogens with one attached hydrogen (secondary N) is 1. The lowest BCUT2D eigenvalue weighted by atomic mass is 10.1. The number of thioether (sulfide) groups is 1. The summed E-state index contributed by atoms with van der Waals surface area (Å²) in [5.74, 6) is 1.66. The van der Waals surface area contributed by atoms with E-state index in [9.17, 15) is 9.59 Å². The molecule has 0 unspecified atom stereocenters. The predicted octanol–water partition coefficient (Wildman–Crippen LogP) is 4.49. The summed E-state index contributed by atoms with van der Waals surface area (Å²) in [6, 6.07) is 13.5. The van der Waals surface area contributed by atoms with Gasteiger partial charge in [-0.3, -0.25) is 9.59 Å². The standard InChI is InChI=1S/C25H34N2O3S/c1-17(2)26-25(29)20(5)27(14-21-7-9-23(30-6)10-8-21)24(28)16-31-15-22-12-18(3)11-19(4)13-22/h7-13,17,20H,14-16H2,1-6H3,(H,26,29)/t20-/m1/s1. The zero-order chi connectivity index (χ0) is 23.0. The summed E-state index contributed by atoms with van der Waals surface area (Å²) in [5.41, 5.74) is 4.62. The summed E-state index contributed by atoms with van der Waals surface area (Å²) >= 11 is 1.58. The van der Waals surface area contributed by atoms with Crippen LogP contribution in [0.3, 0.4) is 0 Å². The third-order valence-electron chi connectivity index (χ3n) is 4.89. The first-order chi connectivity index (χ1) is 14.7. The summed E-state index contributed by atoms with van der Waals surface area (Å²) < 4.78 is 5.21. The average molecular weight is 443 g/mol. The molecule has 0 radical (unpaired) electrons. The van der Waals surface area contributed by atoms with Crippen molar-refractivity contribution in [2.45, 2.75) is 59.0 Å². The second-order valence-electron chi connectivity index (χ2n) is 8.20. The SMILES string of the molecule is COc1ccc(CN(C(=O)CSCc2cc(C)cc(C)c2)[C@H](C)C(=O)NC(C)C)cc1. The molecule has 168 valence electrons. The summed E-state index contributed by atoms with van der Waals surface area (Å²) in [4.78, 5) is 27.4. The Hall–Kier alpha value is -2.47. The lowest BCUT2D eigenvalue weighted by Crippen LogP contribution is -2.49. The van der Waals surface area contributed by atoms with Gasteiger partial charge in [0.2, 0.25) is 11.8 Å². The summed E-state index contributed by atoms with van der Waals surface area (Å²) in [5, 5.41) is 2.92. The quantitative estimate of drug-likeness (QED) is 0.589. The zero-order valence-electron chi connectivity index (χ0n) is 19.4. The van der Waals surface area contributed by atoms with Crippen LogP contribution in [-0.4, -0.2) is 41.7 Å². The van der Waals surface area contributed by atoms with Crippen molar-refractivity contribution in [2.75, 3.05) is 12.9 Å². The molecule has 2 aromatic carbocycles. The summed E-state index contributed by atoms with van der Waals surface area (Å²) in [7, 11) is 1.62. The third-order valence-corrected chi connectivity index (χ3v) is 5.87. The molecule has 5 nitrogen and oxygen atoms in total. The van der Waals surface area contributed by atoms with E-state index in [1.807, 2.05) is 38.1 Å². The van der Waals surface area contributed by atoms with Crippen LogP contribution in [0.2, 0.25) is 0 Å². The Morgan fingerprint density at radius 1 is 1.00 bits per heavy atom. The molecule has 0 aliphatic carbocycles. The molecule has 0 saturated heterocycles. The van der Waals surface area contributed by atoms with Crippen molar-refractivity contribution in [3.8, 4) is 5.75 Å². The molecule has 2 aromatic rings. The molecule has 1 N–H and O–H groups in total. The fraction of sp³-hybridized carbons (Fsp3) is 0.440. The number of carbonyl (C=O) groups is 2. The number of aryl methyl sites for hydroxylation is 2. The van der Waals surface area contributed by atoms with E-state index < -0.39 is 6.04 Å². The first-order valence-electron chi connectivity index (χ1n) is 10.6. The number of hydrogen-bond acceptors (Lipinski definition) is 4. The Balaban J connectivity index is 2.09. The minimum Gasteiger partial charge on any atom is -0.497 e. The monoisotopic (exact) mass is 442 g/mol. The number of nitrogens with zero attached hydrogens (tertiary/aromatic N) is 1. The Bertz CT molecular complexity index is 861. The maximum absolute atomic E-state index is 13.1. The highest BCUT2D eigenvalue weighted by Crippen LogP contribution is 2.19. The molecule has 0 fully saturated rings. The molecular formula is C25H34N2O3S. The van der Waals surface area contributed by atoms with Crippen molar-refractivity contribution >= 4 is 23.6 Å². The number of methoxy groups -OCH3 is 1. The number of ether oxygens (including phenoxy) is 1. The maximum Gasteiger partial charge on any atom is 0.242 e. The van der Waals surface area contributed by atoms with Crippen LogP contribution in [0.15, 0.2) is 42.5 Å². The smallest absolute Gasteiger partial charge is 0.242 e. The minimum atomic E-state index is -0.557. The van der Waals surface area contributed by atoms with Gasteiger partial charge < -0.3 is 15.0 Å². The summed E-state index contributed by atoms with van der Waals surface area (Å²) in [6.45, 7) is 10.2. The highest BCUT2D eigenvalue weighted by molar-refractivity contribution is 7.99. The van der Waals surface area contributed by atoms with Crippen molar-refractivity contribution in [2.24, 2.45) is 0 Å². The van der Waals surface area contributed by atoms with E-state index in [-0.39, 0.29) is 17.9 Å². The van der Waals surface area contributed by atoms with E-state index in [0.29, 0.717) is 12.3 Å². The van der Waals surface area contributed by atoms with E-state index in [1.165, 1.54) is 16.7 Å². The van der Waals surface area contributed by atoms with Crippen molar-refractivity contribution in [3.63, 3.8) is 0 Å². The van der Waals surface area contributed by atoms with Gasteiger partial charge in [0, 0.05) is 18.3 Å². The first-order valence-corrected chi connectivity index (χ1v) is 11.7. The second kappa shape index (κ2) is 11.8. The number of hydrogen-bond donors (Lipinski definition) is 1. The van der Waals surface area contributed by atoms with E-state index >= 15 is 0 Å². The highest BCUT2D eigenvalue weighted by Gasteiger charge is 2.26. The van der Waals surface area contributed by atoms with Gasteiger partial charge in [-0.05, 0) is 57.9 Å². The van der Waals surface area contributed by atoms with E-state index in [0.717, 1.165) is 17.1 Å². The van der Waals surface area contributed by atoms with Gasteiger partial charge in [-0.15, -0.1) is 11.8 Å². The van der Waals surface area contributed by atoms with E-state index in [1.54, 1.807) is 30.7 Å². The molecule has 1 atom stereocenters. The third kappa shape index (κ3) is 7.94. The van der Waals surface area contributed by atoms with Gasteiger partial charge >= 0.3 is 0 Å². The van der Waals surface area contributed by atoms with Gasteiger partial charge in [0.1, 0.15) is 11.8 Å². The van der Waals surface area contributed by atoms with Crippen LogP contribution in [0.4, 0.5) is 0 Å². The van der Waals surface area contributed by atoms with Crippen LogP contribution in [0.5, 0.6) is 5.75 Å². The Morgan fingerprint density at radius 2 is 1.61 bits per heavy atom. The van der Waals surface area contributed by atoms with Crippen LogP contribution < -0.4 is 10.1 Å². The van der Waals surface area contributed by atoms with Crippen LogP contribution in [0, 0.1) is 13.8 Å². The van der Waals surface area contributed by atoms with Crippen molar-refractivity contribution in [1.29, 1.82) is 0 Å². The minimum absolute atomic E-state index is 0.0202. The fourth-order valence-corrected chi connectivity index (χ4v) is 4.25. The number of amides is 2. The first kappa shape index (κ1) is 24.8. The van der Waals surface area contributed by atoms with Gasteiger partial charge in [0.05, 0.1) is 12.9 Å². The average Bonchev–Trinajstić information content (AvgIpc) is 2.70. The Labute approximate surface area is 190 Å². The Kier molecular flexibility index (Phi) is 9.44. The molecule has 0 aliphatic rings. The lowest BCUT2D eigenvalue weighted by Gasteiger charge is -2.29. The van der Waals surface area contributed by atoms with Crippen LogP contribution in [0.1, 0.15) is 43.0 Å². The molecule has 0 aliphatic heterocycles. The molecule has 0 saturated carbocycles. The molecule has 0 heterocycles. The number of rotatable bonds is 10. The molecule has 2 amide bonds. The van der Waals surface area contributed by atoms with E-state index in [4.69, 9.17) is 4.74 Å². The van der Waals surface area contributed by atoms with Crippen LogP contribution in [-0.2, 0) is 21.9 Å². The van der Waals surface area contributed by atoms with Gasteiger partial charge in [0.25, 0.3) is 0 Å². The second-order valence-corrected chi connectivity index (χ2v) is 9.18. The molecular weight excluding hydrogens is 408 g/mol. The summed E-state index contributed by atoms with van der Waals surface area (Å²) in [6.07, 6.45) is 0. The number of carbonyl (C=O) groups excluding carboxylic acids is 2. The highest BCUT2D eigenvalue weighted by atomic mass is 32.2. The maximum atomic E-state index is 13.1. The molecule has 6 heteroatoms. The van der Waals surface area contributed by atoms with Crippen molar-refractivity contribution < 1.29 is 14.3 Å². The fourth-order valence-electron chi connectivity index (χ4n) is 3.41. The molecule has 0 aromatic heterocycles. The lowest BCUT2D eigenvalue weighted by molar-refractivity contribution is -0.138. The van der Waals surface area contributed by atoms with Gasteiger partial charge in [0.15, 0.2) is 0 Å². The molecule has 0 spiro atoms. The largest absolute Gasteiger partial charge is 0.497 e. The normalized spacial score (nSPS) is 11.8. The number of benzene rings is 2. The van der Waals surface area contributed by atoms with Crippen LogP contribution >= 0.6 is 11.8 Å².